The minimum Gasteiger partial charge on any atom is -0.328 e. The number of hydrogen-bond donors (Lipinski definition) is 1. The van der Waals surface area contributed by atoms with Crippen molar-refractivity contribution in [1.82, 2.24) is 0 Å². The second-order valence-electron chi connectivity index (χ2n) is 5.44. The van der Waals surface area contributed by atoms with E-state index in [9.17, 15) is 0 Å². The van der Waals surface area contributed by atoms with E-state index in [0.29, 0.717) is 6.04 Å². The van der Waals surface area contributed by atoms with Gasteiger partial charge in [0.05, 0.1) is 0 Å². The molecule has 1 heteroatoms. The van der Waals surface area contributed by atoms with Crippen LogP contribution in [0.15, 0.2) is 11.6 Å². The van der Waals surface area contributed by atoms with E-state index in [0.717, 1.165) is 5.92 Å². The van der Waals surface area contributed by atoms with Crippen LogP contribution < -0.4 is 5.73 Å². The average Bonchev–Trinajstić information content (AvgIpc) is 2.30. The van der Waals surface area contributed by atoms with Crippen molar-refractivity contribution in [2.24, 2.45) is 11.7 Å². The highest BCUT2D eigenvalue weighted by atomic mass is 14.6. The molecule has 0 heterocycles. The van der Waals surface area contributed by atoms with Gasteiger partial charge in [-0.1, -0.05) is 43.8 Å². The number of hydrogen-bond acceptors (Lipinski definition) is 1. The summed E-state index contributed by atoms with van der Waals surface area (Å²) in [5, 5.41) is 0. The van der Waals surface area contributed by atoms with Crippen LogP contribution in [0.2, 0.25) is 0 Å². The molecule has 2 N–H and O–H groups in total. The van der Waals surface area contributed by atoms with Crippen molar-refractivity contribution in [3.05, 3.63) is 11.6 Å². The fourth-order valence-electron chi connectivity index (χ4n) is 2.97. The van der Waals surface area contributed by atoms with Crippen molar-refractivity contribution in [1.29, 1.82) is 0 Å². The van der Waals surface area contributed by atoms with Crippen LogP contribution in [0, 0.1) is 5.92 Å². The molecule has 0 aromatic rings. The molecule has 0 aliphatic heterocycles. The lowest BCUT2D eigenvalue weighted by Crippen LogP contribution is -2.23. The zero-order valence-corrected chi connectivity index (χ0v) is 9.88. The third kappa shape index (κ3) is 3.64. The lowest BCUT2D eigenvalue weighted by Gasteiger charge is -2.23. The van der Waals surface area contributed by atoms with E-state index in [1.54, 1.807) is 5.57 Å². The SMILES string of the molecule is NC1CCC(=CCC2CCCCC2)CC1. The first kappa shape index (κ1) is 11.2. The fourth-order valence-corrected chi connectivity index (χ4v) is 2.97. The zero-order valence-electron chi connectivity index (χ0n) is 9.88. The van der Waals surface area contributed by atoms with Gasteiger partial charge in [-0.3, -0.25) is 0 Å². The number of nitrogens with two attached hydrogens (primary N) is 1. The first-order chi connectivity index (χ1) is 7.34. The molecule has 0 spiro atoms. The van der Waals surface area contributed by atoms with Crippen LogP contribution in [0.3, 0.4) is 0 Å². The summed E-state index contributed by atoms with van der Waals surface area (Å²) in [4.78, 5) is 0. The molecule has 0 unspecified atom stereocenters. The summed E-state index contributed by atoms with van der Waals surface area (Å²) in [6.45, 7) is 0. The van der Waals surface area contributed by atoms with Crippen LogP contribution in [0.5, 0.6) is 0 Å². The Hall–Kier alpha value is -0.300. The predicted octanol–water partition coefficient (Wildman–Crippen LogP) is 3.78. The Morgan fingerprint density at radius 1 is 1.00 bits per heavy atom. The van der Waals surface area contributed by atoms with Crippen LogP contribution in [0.4, 0.5) is 0 Å². The molecule has 0 radical (unpaired) electrons. The van der Waals surface area contributed by atoms with E-state index in [1.165, 1.54) is 64.2 Å². The van der Waals surface area contributed by atoms with Crippen molar-refractivity contribution in [3.63, 3.8) is 0 Å². The van der Waals surface area contributed by atoms with E-state index >= 15 is 0 Å². The summed E-state index contributed by atoms with van der Waals surface area (Å²) in [5.74, 6) is 1.00. The Balaban J connectivity index is 1.73. The van der Waals surface area contributed by atoms with Gasteiger partial charge in [0, 0.05) is 6.04 Å². The van der Waals surface area contributed by atoms with Gasteiger partial charge in [-0.15, -0.1) is 0 Å². The molecule has 15 heavy (non-hydrogen) atoms. The predicted molar refractivity (Wildman–Crippen MR) is 65.7 cm³/mol. The molecule has 1 nitrogen and oxygen atoms in total. The molecule has 2 aliphatic carbocycles. The second-order valence-corrected chi connectivity index (χ2v) is 5.44. The van der Waals surface area contributed by atoms with Crippen LogP contribution in [0.1, 0.15) is 64.2 Å². The first-order valence-electron chi connectivity index (χ1n) is 6.78. The molecule has 2 aliphatic rings. The van der Waals surface area contributed by atoms with Gasteiger partial charge in [0.25, 0.3) is 0 Å². The topological polar surface area (TPSA) is 26.0 Å². The largest absolute Gasteiger partial charge is 0.328 e. The van der Waals surface area contributed by atoms with E-state index in [2.05, 4.69) is 6.08 Å². The average molecular weight is 207 g/mol. The second kappa shape index (κ2) is 5.69. The van der Waals surface area contributed by atoms with Gasteiger partial charge < -0.3 is 5.73 Å². The summed E-state index contributed by atoms with van der Waals surface area (Å²) in [7, 11) is 0. The van der Waals surface area contributed by atoms with Gasteiger partial charge >= 0.3 is 0 Å². The molecule has 0 atom stereocenters. The van der Waals surface area contributed by atoms with Gasteiger partial charge in [0.2, 0.25) is 0 Å². The standard InChI is InChI=1S/C14H25N/c15-14-10-8-13(9-11-14)7-6-12-4-2-1-3-5-12/h7,12,14H,1-6,8-11,15H2. The quantitative estimate of drug-likeness (QED) is 0.685. The lowest BCUT2D eigenvalue weighted by atomic mass is 9.84. The van der Waals surface area contributed by atoms with Crippen molar-refractivity contribution in [2.75, 3.05) is 0 Å². The summed E-state index contributed by atoms with van der Waals surface area (Å²) in [5.41, 5.74) is 7.61. The van der Waals surface area contributed by atoms with Gasteiger partial charge in [0.1, 0.15) is 0 Å². The Labute approximate surface area is 94.1 Å². The van der Waals surface area contributed by atoms with E-state index in [1.807, 2.05) is 0 Å². The Morgan fingerprint density at radius 2 is 1.67 bits per heavy atom. The molecular formula is C14H25N. The fraction of sp³-hybridized carbons (Fsp3) is 0.857. The van der Waals surface area contributed by atoms with Crippen LogP contribution in [0.25, 0.3) is 0 Å². The smallest absolute Gasteiger partial charge is 0.00449 e. The van der Waals surface area contributed by atoms with Gasteiger partial charge in [0.15, 0.2) is 0 Å². The molecular weight excluding hydrogens is 182 g/mol. The summed E-state index contributed by atoms with van der Waals surface area (Å²) < 4.78 is 0. The zero-order chi connectivity index (χ0) is 10.5. The van der Waals surface area contributed by atoms with E-state index in [4.69, 9.17) is 5.73 Å². The van der Waals surface area contributed by atoms with Crippen molar-refractivity contribution < 1.29 is 0 Å². The molecule has 2 fully saturated rings. The Bertz CT molecular complexity index is 203. The molecule has 2 saturated carbocycles. The Morgan fingerprint density at radius 3 is 2.33 bits per heavy atom. The van der Waals surface area contributed by atoms with Crippen molar-refractivity contribution >= 4 is 0 Å². The third-order valence-electron chi connectivity index (χ3n) is 4.14. The molecule has 86 valence electrons. The van der Waals surface area contributed by atoms with Crippen LogP contribution in [-0.2, 0) is 0 Å². The van der Waals surface area contributed by atoms with Crippen molar-refractivity contribution in [2.45, 2.75) is 70.3 Å². The summed E-state index contributed by atoms with van der Waals surface area (Å²) >= 11 is 0. The van der Waals surface area contributed by atoms with E-state index in [-0.39, 0.29) is 0 Å². The first-order valence-corrected chi connectivity index (χ1v) is 6.78. The maximum atomic E-state index is 5.91. The molecule has 2 rings (SSSR count). The molecule has 0 saturated heterocycles. The summed E-state index contributed by atoms with van der Waals surface area (Å²) in [6, 6.07) is 0.483. The number of rotatable bonds is 2. The maximum Gasteiger partial charge on any atom is 0.00449 e. The van der Waals surface area contributed by atoms with E-state index < -0.39 is 0 Å². The normalized spacial score (nSPS) is 29.1. The van der Waals surface area contributed by atoms with Crippen molar-refractivity contribution in [3.8, 4) is 0 Å². The minimum atomic E-state index is 0.483. The highest BCUT2D eigenvalue weighted by Crippen LogP contribution is 2.29. The van der Waals surface area contributed by atoms with Gasteiger partial charge in [-0.2, -0.15) is 0 Å². The Kier molecular flexibility index (Phi) is 4.25. The molecule has 0 amide bonds. The highest BCUT2D eigenvalue weighted by molar-refractivity contribution is 5.06. The molecule has 0 aromatic carbocycles. The third-order valence-corrected chi connectivity index (χ3v) is 4.14. The maximum absolute atomic E-state index is 5.91. The van der Waals surface area contributed by atoms with Gasteiger partial charge in [-0.05, 0) is 38.0 Å². The molecule has 0 aromatic heterocycles. The highest BCUT2D eigenvalue weighted by Gasteiger charge is 2.15. The monoisotopic (exact) mass is 207 g/mol. The summed E-state index contributed by atoms with van der Waals surface area (Å²) in [6.07, 6.45) is 16.2. The molecule has 0 bridgehead atoms. The number of allylic oxidation sites excluding steroid dienone is 2. The van der Waals surface area contributed by atoms with Crippen LogP contribution in [-0.4, -0.2) is 6.04 Å². The lowest BCUT2D eigenvalue weighted by molar-refractivity contribution is 0.360. The minimum absolute atomic E-state index is 0.483. The van der Waals surface area contributed by atoms with Gasteiger partial charge in [-0.25, -0.2) is 0 Å². The van der Waals surface area contributed by atoms with Crippen LogP contribution >= 0.6 is 0 Å².